The van der Waals surface area contributed by atoms with Crippen LogP contribution in [0.2, 0.25) is 0 Å². The molecule has 2 rings (SSSR count). The first-order valence-corrected chi connectivity index (χ1v) is 6.61. The number of hydrogen-bond donors (Lipinski definition) is 0. The molecular formula is C16H19NO3. The van der Waals surface area contributed by atoms with E-state index in [2.05, 4.69) is 0 Å². The van der Waals surface area contributed by atoms with Crippen LogP contribution in [0.5, 0.6) is 5.75 Å². The molecule has 0 saturated carbocycles. The Morgan fingerprint density at radius 3 is 2.65 bits per heavy atom. The standard InChI is InChI=1S/C16H19NO3/c1-13-14(8-10-19-13)12-17(2)16(18)9-11-20-15-6-4-3-5-7-15/h3-8,10H,9,11-12H2,1-2H3. The van der Waals surface area contributed by atoms with Gasteiger partial charge in [0.25, 0.3) is 0 Å². The second kappa shape index (κ2) is 6.80. The van der Waals surface area contributed by atoms with E-state index in [1.807, 2.05) is 43.3 Å². The average Bonchev–Trinajstić information content (AvgIpc) is 2.85. The normalized spacial score (nSPS) is 10.3. The van der Waals surface area contributed by atoms with Crippen molar-refractivity contribution in [2.24, 2.45) is 0 Å². The summed E-state index contributed by atoms with van der Waals surface area (Å²) in [5.74, 6) is 1.69. The largest absolute Gasteiger partial charge is 0.493 e. The van der Waals surface area contributed by atoms with Gasteiger partial charge in [-0.15, -0.1) is 0 Å². The van der Waals surface area contributed by atoms with E-state index in [0.717, 1.165) is 17.1 Å². The molecule has 0 aliphatic carbocycles. The maximum Gasteiger partial charge on any atom is 0.226 e. The highest BCUT2D eigenvalue weighted by Crippen LogP contribution is 2.12. The summed E-state index contributed by atoms with van der Waals surface area (Å²) in [6.07, 6.45) is 2.00. The zero-order chi connectivity index (χ0) is 14.4. The van der Waals surface area contributed by atoms with Gasteiger partial charge in [-0.3, -0.25) is 4.79 Å². The molecule has 0 saturated heterocycles. The van der Waals surface area contributed by atoms with Crippen LogP contribution in [0.4, 0.5) is 0 Å². The molecule has 2 aromatic rings. The van der Waals surface area contributed by atoms with Crippen LogP contribution in [0.3, 0.4) is 0 Å². The number of carbonyl (C=O) groups excluding carboxylic acids is 1. The fourth-order valence-electron chi connectivity index (χ4n) is 1.88. The summed E-state index contributed by atoms with van der Waals surface area (Å²) in [6, 6.07) is 11.4. The van der Waals surface area contributed by atoms with Crippen molar-refractivity contribution < 1.29 is 13.9 Å². The van der Waals surface area contributed by atoms with Crippen LogP contribution in [0.15, 0.2) is 47.1 Å². The molecule has 1 amide bonds. The summed E-state index contributed by atoms with van der Waals surface area (Å²) in [7, 11) is 1.79. The monoisotopic (exact) mass is 273 g/mol. The number of para-hydroxylation sites is 1. The lowest BCUT2D eigenvalue weighted by Gasteiger charge is -2.17. The number of nitrogens with zero attached hydrogens (tertiary/aromatic N) is 1. The van der Waals surface area contributed by atoms with Crippen LogP contribution in [0.1, 0.15) is 17.7 Å². The van der Waals surface area contributed by atoms with Crippen molar-refractivity contribution >= 4 is 5.91 Å². The van der Waals surface area contributed by atoms with Crippen LogP contribution >= 0.6 is 0 Å². The predicted octanol–water partition coefficient (Wildman–Crippen LogP) is 3.02. The quantitative estimate of drug-likeness (QED) is 0.812. The second-order valence-electron chi connectivity index (χ2n) is 4.66. The summed E-state index contributed by atoms with van der Waals surface area (Å²) in [5.41, 5.74) is 1.03. The van der Waals surface area contributed by atoms with Crippen molar-refractivity contribution in [1.82, 2.24) is 4.90 Å². The van der Waals surface area contributed by atoms with Crippen LogP contribution in [0, 0.1) is 6.92 Å². The van der Waals surface area contributed by atoms with Gasteiger partial charge in [0.15, 0.2) is 0 Å². The molecule has 4 heteroatoms. The molecule has 0 unspecified atom stereocenters. The Labute approximate surface area is 119 Å². The van der Waals surface area contributed by atoms with Gasteiger partial charge in [-0.2, -0.15) is 0 Å². The Kier molecular flexibility index (Phi) is 4.82. The van der Waals surface area contributed by atoms with E-state index >= 15 is 0 Å². The zero-order valence-corrected chi connectivity index (χ0v) is 11.8. The topological polar surface area (TPSA) is 42.7 Å². The van der Waals surface area contributed by atoms with Gasteiger partial charge in [0.1, 0.15) is 11.5 Å². The molecule has 0 atom stereocenters. The van der Waals surface area contributed by atoms with E-state index in [4.69, 9.17) is 9.15 Å². The Morgan fingerprint density at radius 2 is 2.00 bits per heavy atom. The first kappa shape index (κ1) is 14.2. The van der Waals surface area contributed by atoms with Crippen LogP contribution in [-0.4, -0.2) is 24.5 Å². The molecule has 0 aliphatic rings. The van der Waals surface area contributed by atoms with Gasteiger partial charge >= 0.3 is 0 Å². The maximum atomic E-state index is 12.0. The molecule has 0 N–H and O–H groups in total. The molecule has 0 radical (unpaired) electrons. The van der Waals surface area contributed by atoms with Gasteiger partial charge < -0.3 is 14.1 Å². The van der Waals surface area contributed by atoms with Crippen LogP contribution in [-0.2, 0) is 11.3 Å². The van der Waals surface area contributed by atoms with E-state index in [9.17, 15) is 4.79 Å². The molecule has 0 spiro atoms. The molecule has 0 fully saturated rings. The van der Waals surface area contributed by atoms with E-state index in [1.165, 1.54) is 0 Å². The lowest BCUT2D eigenvalue weighted by atomic mass is 10.2. The van der Waals surface area contributed by atoms with Crippen molar-refractivity contribution in [2.45, 2.75) is 19.9 Å². The molecular weight excluding hydrogens is 254 g/mol. The van der Waals surface area contributed by atoms with Crippen molar-refractivity contribution in [1.29, 1.82) is 0 Å². The minimum Gasteiger partial charge on any atom is -0.493 e. The van der Waals surface area contributed by atoms with Crippen molar-refractivity contribution in [3.05, 3.63) is 54.0 Å². The van der Waals surface area contributed by atoms with Crippen molar-refractivity contribution in [3.63, 3.8) is 0 Å². The molecule has 0 aliphatic heterocycles. The predicted molar refractivity (Wildman–Crippen MR) is 76.5 cm³/mol. The fraction of sp³-hybridized carbons (Fsp3) is 0.312. The first-order valence-electron chi connectivity index (χ1n) is 6.61. The molecule has 106 valence electrons. The minimum atomic E-state index is 0.0570. The van der Waals surface area contributed by atoms with Gasteiger partial charge in [-0.05, 0) is 25.1 Å². The van der Waals surface area contributed by atoms with E-state index in [-0.39, 0.29) is 5.91 Å². The number of amides is 1. The summed E-state index contributed by atoms with van der Waals surface area (Å²) < 4.78 is 10.7. The lowest BCUT2D eigenvalue weighted by Crippen LogP contribution is -2.27. The number of furan rings is 1. The fourth-order valence-corrected chi connectivity index (χ4v) is 1.88. The average molecular weight is 273 g/mol. The number of benzene rings is 1. The van der Waals surface area contributed by atoms with Gasteiger partial charge in [-0.1, -0.05) is 18.2 Å². The van der Waals surface area contributed by atoms with Crippen LogP contribution in [0.25, 0.3) is 0 Å². The number of hydrogen-bond acceptors (Lipinski definition) is 3. The third-order valence-electron chi connectivity index (χ3n) is 3.13. The molecule has 20 heavy (non-hydrogen) atoms. The number of rotatable bonds is 6. The second-order valence-corrected chi connectivity index (χ2v) is 4.66. The summed E-state index contributed by atoms with van der Waals surface area (Å²) in [4.78, 5) is 13.7. The third-order valence-corrected chi connectivity index (χ3v) is 3.13. The molecule has 1 heterocycles. The lowest BCUT2D eigenvalue weighted by molar-refractivity contribution is -0.130. The summed E-state index contributed by atoms with van der Waals surface area (Å²) in [5, 5.41) is 0. The number of aryl methyl sites for hydroxylation is 1. The van der Waals surface area contributed by atoms with E-state index in [0.29, 0.717) is 19.6 Å². The third kappa shape index (κ3) is 3.88. The van der Waals surface area contributed by atoms with E-state index in [1.54, 1.807) is 18.2 Å². The van der Waals surface area contributed by atoms with Gasteiger partial charge in [0.05, 0.1) is 19.3 Å². The molecule has 4 nitrogen and oxygen atoms in total. The summed E-state index contributed by atoms with van der Waals surface area (Å²) >= 11 is 0. The minimum absolute atomic E-state index is 0.0570. The Hall–Kier alpha value is -2.23. The highest BCUT2D eigenvalue weighted by atomic mass is 16.5. The highest BCUT2D eigenvalue weighted by molar-refractivity contribution is 5.76. The van der Waals surface area contributed by atoms with Gasteiger partial charge in [0.2, 0.25) is 5.91 Å². The van der Waals surface area contributed by atoms with Crippen molar-refractivity contribution in [3.8, 4) is 5.75 Å². The maximum absolute atomic E-state index is 12.0. The van der Waals surface area contributed by atoms with Crippen molar-refractivity contribution in [2.75, 3.05) is 13.7 Å². The number of ether oxygens (including phenoxy) is 1. The van der Waals surface area contributed by atoms with Crippen LogP contribution < -0.4 is 4.74 Å². The van der Waals surface area contributed by atoms with Gasteiger partial charge in [0, 0.05) is 19.2 Å². The smallest absolute Gasteiger partial charge is 0.226 e. The Balaban J connectivity index is 1.76. The summed E-state index contributed by atoms with van der Waals surface area (Å²) in [6.45, 7) is 2.84. The molecule has 1 aromatic heterocycles. The Morgan fingerprint density at radius 1 is 1.25 bits per heavy atom. The highest BCUT2D eigenvalue weighted by Gasteiger charge is 2.11. The molecule has 0 bridgehead atoms. The first-order chi connectivity index (χ1) is 9.66. The van der Waals surface area contributed by atoms with E-state index < -0.39 is 0 Å². The zero-order valence-electron chi connectivity index (χ0n) is 11.8. The van der Waals surface area contributed by atoms with Gasteiger partial charge in [-0.25, -0.2) is 0 Å². The molecule has 1 aromatic carbocycles. The number of carbonyl (C=O) groups is 1. The SMILES string of the molecule is Cc1occc1CN(C)C(=O)CCOc1ccccc1. The Bertz CT molecular complexity index is 548.